The number of aliphatic imine (C=N–C) groups is 1. The van der Waals surface area contributed by atoms with Crippen molar-refractivity contribution < 1.29 is 9.18 Å². The van der Waals surface area contributed by atoms with Gasteiger partial charge in [-0.15, -0.1) is 24.0 Å². The fourth-order valence-corrected chi connectivity index (χ4v) is 4.19. The number of guanidine groups is 1. The predicted molar refractivity (Wildman–Crippen MR) is 142 cm³/mol. The van der Waals surface area contributed by atoms with Crippen LogP contribution in [0, 0.1) is 11.7 Å². The minimum Gasteiger partial charge on any atom is -0.369 e. The van der Waals surface area contributed by atoms with Gasteiger partial charge in [0.1, 0.15) is 5.82 Å². The van der Waals surface area contributed by atoms with E-state index in [0.29, 0.717) is 31.0 Å². The lowest BCUT2D eigenvalue weighted by molar-refractivity contribution is -0.121. The number of amides is 1. The van der Waals surface area contributed by atoms with Gasteiger partial charge in [0.2, 0.25) is 5.91 Å². The summed E-state index contributed by atoms with van der Waals surface area (Å²) in [6.45, 7) is 4.61. The van der Waals surface area contributed by atoms with Crippen LogP contribution in [0.4, 0.5) is 4.39 Å². The van der Waals surface area contributed by atoms with E-state index in [1.54, 1.807) is 19.2 Å². The van der Waals surface area contributed by atoms with Gasteiger partial charge in [0.05, 0.1) is 5.92 Å². The molecule has 180 valence electrons. The number of primary amides is 1. The zero-order chi connectivity index (χ0) is 22.9. The number of nitrogens with one attached hydrogen (secondary N) is 2. The standard InChI is InChI=1S/C25H34FN5O.HI/c1-18-14-23(12-13-31(18)17-20-6-4-3-5-7-20)30-25(28-2)29-16-21(24(27)32)15-19-8-10-22(26)11-9-19;/h3-11,18,21,23H,12-17H2,1-2H3,(H2,27,32)(H2,28,29,30);1H. The number of nitrogens with zero attached hydrogens (tertiary/aromatic N) is 2. The number of rotatable bonds is 8. The molecule has 4 N–H and O–H groups in total. The van der Waals surface area contributed by atoms with Gasteiger partial charge in [0, 0.05) is 38.8 Å². The maximum absolute atomic E-state index is 13.1. The number of carbonyl (C=O) groups is 1. The monoisotopic (exact) mass is 567 g/mol. The molecule has 2 aromatic carbocycles. The fourth-order valence-electron chi connectivity index (χ4n) is 4.19. The number of hydrogen-bond acceptors (Lipinski definition) is 3. The average Bonchev–Trinajstić information content (AvgIpc) is 2.79. The zero-order valence-corrected chi connectivity index (χ0v) is 21.7. The molecule has 1 aliphatic heterocycles. The predicted octanol–water partition coefficient (Wildman–Crippen LogP) is 3.31. The Morgan fingerprint density at radius 2 is 1.88 bits per heavy atom. The van der Waals surface area contributed by atoms with Crippen LogP contribution >= 0.6 is 24.0 Å². The highest BCUT2D eigenvalue weighted by Gasteiger charge is 2.26. The summed E-state index contributed by atoms with van der Waals surface area (Å²) in [4.78, 5) is 18.8. The van der Waals surface area contributed by atoms with Crippen molar-refractivity contribution in [1.29, 1.82) is 0 Å². The van der Waals surface area contributed by atoms with Crippen LogP contribution in [-0.4, -0.2) is 49.0 Å². The number of halogens is 2. The largest absolute Gasteiger partial charge is 0.369 e. The van der Waals surface area contributed by atoms with E-state index in [4.69, 9.17) is 5.73 Å². The second kappa shape index (κ2) is 13.5. The quantitative estimate of drug-likeness (QED) is 0.260. The Bertz CT molecular complexity index is 893. The van der Waals surface area contributed by atoms with E-state index >= 15 is 0 Å². The minimum absolute atomic E-state index is 0. The third kappa shape index (κ3) is 8.58. The number of hydrogen-bond donors (Lipinski definition) is 3. The van der Waals surface area contributed by atoms with E-state index in [1.807, 2.05) is 6.07 Å². The molecule has 6 nitrogen and oxygen atoms in total. The summed E-state index contributed by atoms with van der Waals surface area (Å²) in [6, 6.07) is 17.5. The molecule has 1 fully saturated rings. The van der Waals surface area contributed by atoms with Crippen LogP contribution in [0.2, 0.25) is 0 Å². The molecule has 0 spiro atoms. The van der Waals surface area contributed by atoms with E-state index in [-0.39, 0.29) is 35.7 Å². The Morgan fingerprint density at radius 3 is 2.48 bits per heavy atom. The molecule has 3 rings (SSSR count). The van der Waals surface area contributed by atoms with Crippen molar-refractivity contribution in [3.63, 3.8) is 0 Å². The van der Waals surface area contributed by atoms with E-state index < -0.39 is 5.92 Å². The van der Waals surface area contributed by atoms with E-state index in [1.165, 1.54) is 17.7 Å². The van der Waals surface area contributed by atoms with Crippen LogP contribution in [0.25, 0.3) is 0 Å². The lowest BCUT2D eigenvalue weighted by Gasteiger charge is -2.38. The topological polar surface area (TPSA) is 82.7 Å². The molecule has 0 aliphatic carbocycles. The van der Waals surface area contributed by atoms with Crippen molar-refractivity contribution >= 4 is 35.8 Å². The molecule has 0 aromatic heterocycles. The normalized spacial score (nSPS) is 19.9. The van der Waals surface area contributed by atoms with Gasteiger partial charge in [-0.2, -0.15) is 0 Å². The molecule has 0 radical (unpaired) electrons. The second-order valence-electron chi connectivity index (χ2n) is 8.55. The number of benzene rings is 2. The summed E-state index contributed by atoms with van der Waals surface area (Å²) in [7, 11) is 1.72. The molecule has 0 bridgehead atoms. The van der Waals surface area contributed by atoms with Gasteiger partial charge in [-0.05, 0) is 49.4 Å². The van der Waals surface area contributed by atoms with Gasteiger partial charge in [0.25, 0.3) is 0 Å². The molecule has 8 heteroatoms. The zero-order valence-electron chi connectivity index (χ0n) is 19.3. The number of piperidine rings is 1. The summed E-state index contributed by atoms with van der Waals surface area (Å²) in [5.41, 5.74) is 7.81. The smallest absolute Gasteiger partial charge is 0.222 e. The van der Waals surface area contributed by atoms with Crippen LogP contribution in [0.3, 0.4) is 0 Å². The molecule has 0 saturated carbocycles. The Kier molecular flexibility index (Phi) is 11.1. The van der Waals surface area contributed by atoms with Crippen molar-refractivity contribution in [3.05, 3.63) is 71.5 Å². The van der Waals surface area contributed by atoms with Crippen molar-refractivity contribution in [3.8, 4) is 0 Å². The molecule has 1 heterocycles. The van der Waals surface area contributed by atoms with Gasteiger partial charge in [-0.1, -0.05) is 42.5 Å². The van der Waals surface area contributed by atoms with Crippen LogP contribution < -0.4 is 16.4 Å². The Labute approximate surface area is 213 Å². The highest BCUT2D eigenvalue weighted by molar-refractivity contribution is 14.0. The van der Waals surface area contributed by atoms with Crippen LogP contribution in [0.1, 0.15) is 30.9 Å². The van der Waals surface area contributed by atoms with Gasteiger partial charge in [-0.25, -0.2) is 4.39 Å². The lowest BCUT2D eigenvalue weighted by Crippen LogP contribution is -2.52. The SMILES string of the molecule is CN=C(NCC(Cc1ccc(F)cc1)C(N)=O)NC1CCN(Cc2ccccc2)C(C)C1.I. The summed E-state index contributed by atoms with van der Waals surface area (Å²) in [5.74, 6) is -0.425. The van der Waals surface area contributed by atoms with Crippen LogP contribution in [0.15, 0.2) is 59.6 Å². The van der Waals surface area contributed by atoms with Crippen molar-refractivity contribution in [2.24, 2.45) is 16.6 Å². The summed E-state index contributed by atoms with van der Waals surface area (Å²) < 4.78 is 13.1. The summed E-state index contributed by atoms with van der Waals surface area (Å²) >= 11 is 0. The summed E-state index contributed by atoms with van der Waals surface area (Å²) in [5, 5.41) is 6.74. The first-order valence-corrected chi connectivity index (χ1v) is 11.2. The molecule has 3 unspecified atom stereocenters. The third-order valence-corrected chi connectivity index (χ3v) is 6.12. The molecule has 1 aliphatic rings. The Hall–Kier alpha value is -2.20. The van der Waals surface area contributed by atoms with E-state index in [2.05, 4.69) is 51.7 Å². The summed E-state index contributed by atoms with van der Waals surface area (Å²) in [6.07, 6.45) is 2.49. The second-order valence-corrected chi connectivity index (χ2v) is 8.55. The molecule has 1 saturated heterocycles. The van der Waals surface area contributed by atoms with E-state index in [9.17, 15) is 9.18 Å². The molecule has 3 atom stereocenters. The number of likely N-dealkylation sites (tertiary alicyclic amines) is 1. The fraction of sp³-hybridized carbons (Fsp3) is 0.440. The van der Waals surface area contributed by atoms with Crippen LogP contribution in [0.5, 0.6) is 0 Å². The molecule has 33 heavy (non-hydrogen) atoms. The number of carbonyl (C=O) groups excluding carboxylic acids is 1. The highest BCUT2D eigenvalue weighted by Crippen LogP contribution is 2.20. The first kappa shape index (κ1) is 27.0. The first-order chi connectivity index (χ1) is 15.4. The highest BCUT2D eigenvalue weighted by atomic mass is 127. The number of nitrogens with two attached hydrogens (primary N) is 1. The molecular weight excluding hydrogens is 532 g/mol. The van der Waals surface area contributed by atoms with Crippen molar-refractivity contribution in [1.82, 2.24) is 15.5 Å². The minimum atomic E-state index is -0.411. The van der Waals surface area contributed by atoms with Gasteiger partial charge >= 0.3 is 0 Å². The van der Waals surface area contributed by atoms with Gasteiger partial charge in [0.15, 0.2) is 5.96 Å². The molecule has 1 amide bonds. The first-order valence-electron chi connectivity index (χ1n) is 11.2. The third-order valence-electron chi connectivity index (χ3n) is 6.12. The van der Waals surface area contributed by atoms with Crippen molar-refractivity contribution in [2.75, 3.05) is 20.1 Å². The van der Waals surface area contributed by atoms with E-state index in [0.717, 1.165) is 31.5 Å². The van der Waals surface area contributed by atoms with Crippen molar-refractivity contribution in [2.45, 2.75) is 44.8 Å². The van der Waals surface area contributed by atoms with Gasteiger partial charge in [-0.3, -0.25) is 14.7 Å². The van der Waals surface area contributed by atoms with Crippen LogP contribution in [-0.2, 0) is 17.8 Å². The lowest BCUT2D eigenvalue weighted by atomic mass is 9.97. The molecular formula is C25H35FIN5O. The Balaban J connectivity index is 0.00000385. The average molecular weight is 567 g/mol. The Morgan fingerprint density at radius 1 is 1.18 bits per heavy atom. The maximum Gasteiger partial charge on any atom is 0.222 e. The maximum atomic E-state index is 13.1. The molecule has 2 aromatic rings. The van der Waals surface area contributed by atoms with Gasteiger partial charge < -0.3 is 16.4 Å².